The summed E-state index contributed by atoms with van der Waals surface area (Å²) in [5, 5.41) is 11.8. The molecule has 1 aliphatic heterocycles. The lowest BCUT2D eigenvalue weighted by Gasteiger charge is -2.12. The molecule has 29 heavy (non-hydrogen) atoms. The van der Waals surface area contributed by atoms with Crippen LogP contribution in [0.1, 0.15) is 5.56 Å². The number of ether oxygens (including phenoxy) is 2. The third kappa shape index (κ3) is 5.48. The number of nitrogens with zero attached hydrogens (tertiary/aromatic N) is 1. The highest BCUT2D eigenvalue weighted by Gasteiger charge is 2.24. The zero-order chi connectivity index (χ0) is 21.0. The molecule has 150 valence electrons. The summed E-state index contributed by atoms with van der Waals surface area (Å²) in [5.74, 6) is -1.09. The largest absolute Gasteiger partial charge is 0.493 e. The number of halogens is 2. The van der Waals surface area contributed by atoms with Crippen molar-refractivity contribution in [3.63, 3.8) is 0 Å². The maximum absolute atomic E-state index is 13.0. The van der Waals surface area contributed by atoms with E-state index in [2.05, 4.69) is 10.3 Å². The Labute approximate surface area is 183 Å². The van der Waals surface area contributed by atoms with Gasteiger partial charge in [-0.25, -0.2) is 14.2 Å². The second-order valence-electron chi connectivity index (χ2n) is 5.67. The van der Waals surface area contributed by atoms with Crippen LogP contribution in [-0.4, -0.2) is 35.9 Å². The molecule has 7 nitrogen and oxygen atoms in total. The molecule has 0 spiro atoms. The van der Waals surface area contributed by atoms with Crippen molar-refractivity contribution in [2.45, 2.75) is 0 Å². The Hall–Kier alpha value is -2.60. The number of carboxylic acids is 1. The van der Waals surface area contributed by atoms with Crippen LogP contribution in [0.2, 0.25) is 0 Å². The predicted molar refractivity (Wildman–Crippen MR) is 116 cm³/mol. The van der Waals surface area contributed by atoms with E-state index in [1.165, 1.54) is 31.4 Å². The smallest absolute Gasteiger partial charge is 0.341 e. The summed E-state index contributed by atoms with van der Waals surface area (Å²) in [6, 6.07) is 9.00. The molecule has 0 aromatic heterocycles. The summed E-state index contributed by atoms with van der Waals surface area (Å²) in [6.07, 6.45) is 1.67. The zero-order valence-corrected chi connectivity index (χ0v) is 17.9. The van der Waals surface area contributed by atoms with E-state index in [4.69, 9.17) is 14.6 Å². The SMILES string of the molecule is COc1cc(/C=C2/SC(=Nc3ccc(F)cc3)NC2=O)cc(I)c1OCC(=O)O. The maximum Gasteiger partial charge on any atom is 0.341 e. The second-order valence-corrected chi connectivity index (χ2v) is 7.87. The lowest BCUT2D eigenvalue weighted by atomic mass is 10.2. The van der Waals surface area contributed by atoms with Gasteiger partial charge >= 0.3 is 5.97 Å². The van der Waals surface area contributed by atoms with Gasteiger partial charge in [0.05, 0.1) is 21.3 Å². The van der Waals surface area contributed by atoms with Gasteiger partial charge in [0, 0.05) is 0 Å². The standard InChI is InChI=1S/C19H14FIN2O5S/c1-27-14-7-10(6-13(21)17(14)28-9-16(24)25)8-15-18(26)23-19(29-15)22-12-4-2-11(20)3-5-12/h2-8H,9H2,1H3,(H,24,25)(H,22,23,26)/b15-8+. The molecule has 1 aliphatic rings. The van der Waals surface area contributed by atoms with Crippen molar-refractivity contribution in [1.82, 2.24) is 5.32 Å². The quantitative estimate of drug-likeness (QED) is 0.438. The Balaban J connectivity index is 1.84. The van der Waals surface area contributed by atoms with E-state index in [0.29, 0.717) is 36.4 Å². The van der Waals surface area contributed by atoms with Crippen LogP contribution >= 0.6 is 34.4 Å². The van der Waals surface area contributed by atoms with Crippen LogP contribution in [0.5, 0.6) is 11.5 Å². The summed E-state index contributed by atoms with van der Waals surface area (Å²) in [7, 11) is 1.44. The second kappa shape index (κ2) is 9.27. The number of amidine groups is 1. The Kier molecular flexibility index (Phi) is 6.75. The minimum absolute atomic E-state index is 0.309. The predicted octanol–water partition coefficient (Wildman–Crippen LogP) is 3.79. The summed E-state index contributed by atoms with van der Waals surface area (Å²) in [6.45, 7) is -0.492. The minimum atomic E-state index is -1.10. The number of thioether (sulfide) groups is 1. The number of carboxylic acid groups (broad SMARTS) is 1. The number of amides is 1. The molecule has 0 atom stereocenters. The molecule has 3 rings (SSSR count). The Morgan fingerprint density at radius 3 is 2.72 bits per heavy atom. The van der Waals surface area contributed by atoms with Crippen LogP contribution in [0.15, 0.2) is 46.3 Å². The van der Waals surface area contributed by atoms with Crippen LogP contribution in [0.3, 0.4) is 0 Å². The van der Waals surface area contributed by atoms with Gasteiger partial charge in [-0.15, -0.1) is 0 Å². The third-order valence-electron chi connectivity index (χ3n) is 3.60. The number of aliphatic imine (C=N–C) groups is 1. The molecular weight excluding hydrogens is 514 g/mol. The Morgan fingerprint density at radius 2 is 2.07 bits per heavy atom. The first-order chi connectivity index (χ1) is 13.9. The van der Waals surface area contributed by atoms with Gasteiger partial charge in [0.2, 0.25) is 0 Å². The van der Waals surface area contributed by atoms with Crippen molar-refractivity contribution >= 4 is 63.2 Å². The van der Waals surface area contributed by atoms with E-state index in [0.717, 1.165) is 11.8 Å². The molecule has 0 radical (unpaired) electrons. The molecule has 2 N–H and O–H groups in total. The van der Waals surface area contributed by atoms with Crippen molar-refractivity contribution in [2.75, 3.05) is 13.7 Å². The van der Waals surface area contributed by atoms with E-state index in [1.54, 1.807) is 18.2 Å². The van der Waals surface area contributed by atoms with Gasteiger partial charge in [-0.3, -0.25) is 4.79 Å². The first-order valence-electron chi connectivity index (χ1n) is 8.13. The molecule has 1 heterocycles. The van der Waals surface area contributed by atoms with E-state index >= 15 is 0 Å². The van der Waals surface area contributed by atoms with Crippen molar-refractivity contribution in [3.8, 4) is 11.5 Å². The highest BCUT2D eigenvalue weighted by atomic mass is 127. The molecule has 10 heteroatoms. The fourth-order valence-electron chi connectivity index (χ4n) is 2.36. The van der Waals surface area contributed by atoms with Crippen LogP contribution < -0.4 is 14.8 Å². The first kappa shape index (κ1) is 21.1. The monoisotopic (exact) mass is 528 g/mol. The zero-order valence-electron chi connectivity index (χ0n) is 14.9. The number of methoxy groups -OCH3 is 1. The summed E-state index contributed by atoms with van der Waals surface area (Å²) >= 11 is 3.16. The molecule has 1 saturated heterocycles. The number of hydrogen-bond donors (Lipinski definition) is 2. The molecular formula is C19H14FIN2O5S. The Morgan fingerprint density at radius 1 is 1.34 bits per heavy atom. The highest BCUT2D eigenvalue weighted by molar-refractivity contribution is 14.1. The topological polar surface area (TPSA) is 97.2 Å². The summed E-state index contributed by atoms with van der Waals surface area (Å²) in [4.78, 5) is 27.7. The van der Waals surface area contributed by atoms with Crippen molar-refractivity contribution in [3.05, 3.63) is 56.3 Å². The van der Waals surface area contributed by atoms with Crippen LogP contribution in [0.25, 0.3) is 6.08 Å². The summed E-state index contributed by atoms with van der Waals surface area (Å²) in [5.41, 5.74) is 1.20. The van der Waals surface area contributed by atoms with Crippen LogP contribution in [0, 0.1) is 9.39 Å². The van der Waals surface area contributed by atoms with Gasteiger partial charge in [-0.05, 0) is 82.4 Å². The number of aliphatic carboxylic acids is 1. The van der Waals surface area contributed by atoms with E-state index < -0.39 is 12.6 Å². The molecule has 2 aromatic rings. The van der Waals surface area contributed by atoms with Crippen molar-refractivity contribution < 1.29 is 28.6 Å². The molecule has 1 fully saturated rings. The fourth-order valence-corrected chi connectivity index (χ4v) is 3.98. The third-order valence-corrected chi connectivity index (χ3v) is 5.31. The van der Waals surface area contributed by atoms with Gasteiger partial charge in [0.1, 0.15) is 5.82 Å². The Bertz CT molecular complexity index is 1020. The number of rotatable bonds is 6. The van der Waals surface area contributed by atoms with Crippen LogP contribution in [0.4, 0.5) is 10.1 Å². The van der Waals surface area contributed by atoms with Crippen LogP contribution in [-0.2, 0) is 9.59 Å². The average molecular weight is 528 g/mol. The fraction of sp³-hybridized carbons (Fsp3) is 0.105. The van der Waals surface area contributed by atoms with Gasteiger partial charge in [0.15, 0.2) is 23.3 Å². The molecule has 1 amide bonds. The maximum atomic E-state index is 13.0. The first-order valence-corrected chi connectivity index (χ1v) is 10.0. The number of benzene rings is 2. The van der Waals surface area contributed by atoms with Gasteiger partial charge in [0.25, 0.3) is 5.91 Å². The minimum Gasteiger partial charge on any atom is -0.493 e. The van der Waals surface area contributed by atoms with Gasteiger partial charge in [-0.1, -0.05) is 0 Å². The molecule has 2 aromatic carbocycles. The number of carbonyl (C=O) groups is 2. The lowest BCUT2D eigenvalue weighted by molar-refractivity contribution is -0.139. The summed E-state index contributed by atoms with van der Waals surface area (Å²) < 4.78 is 24.2. The van der Waals surface area contributed by atoms with Gasteiger partial charge in [-0.2, -0.15) is 0 Å². The molecule has 0 aliphatic carbocycles. The van der Waals surface area contributed by atoms with E-state index in [9.17, 15) is 14.0 Å². The number of hydrogen-bond acceptors (Lipinski definition) is 6. The highest BCUT2D eigenvalue weighted by Crippen LogP contribution is 2.36. The van der Waals surface area contributed by atoms with Gasteiger partial charge < -0.3 is 19.9 Å². The van der Waals surface area contributed by atoms with Crippen molar-refractivity contribution in [2.24, 2.45) is 4.99 Å². The molecule has 0 saturated carbocycles. The molecule has 0 bridgehead atoms. The lowest BCUT2D eigenvalue weighted by Crippen LogP contribution is -2.19. The van der Waals surface area contributed by atoms with E-state index in [1.807, 2.05) is 22.6 Å². The number of nitrogens with one attached hydrogen (secondary N) is 1. The normalized spacial score (nSPS) is 16.2. The van der Waals surface area contributed by atoms with E-state index in [-0.39, 0.29) is 11.7 Å². The average Bonchev–Trinajstić information content (AvgIpc) is 3.01. The molecule has 0 unspecified atom stereocenters. The van der Waals surface area contributed by atoms with Crippen molar-refractivity contribution in [1.29, 1.82) is 0 Å². The number of carbonyl (C=O) groups excluding carboxylic acids is 1.